The van der Waals surface area contributed by atoms with Crippen LogP contribution in [-0.4, -0.2) is 34.6 Å². The second-order valence-electron chi connectivity index (χ2n) is 5.37. The molecule has 0 spiro atoms. The standard InChI is InChI=1S/C15H20N2O6/c1-4-23-13-6-5-10(8-12(13)17(21)22)14(18)16-11(15(19)20)7-9(2)3/h5-6,8-9,11H,4,7H2,1-3H3,(H,16,18)(H,19,20)/t11-/m1/s1. The molecule has 2 N–H and O–H groups in total. The molecule has 0 aliphatic rings. The summed E-state index contributed by atoms with van der Waals surface area (Å²) in [5, 5.41) is 22.6. The number of ether oxygens (including phenoxy) is 1. The summed E-state index contributed by atoms with van der Waals surface area (Å²) in [4.78, 5) is 33.7. The summed E-state index contributed by atoms with van der Waals surface area (Å²) in [5.74, 6) is -1.69. The number of carbonyl (C=O) groups excluding carboxylic acids is 1. The molecule has 8 heteroatoms. The van der Waals surface area contributed by atoms with Crippen molar-refractivity contribution in [2.45, 2.75) is 33.2 Å². The van der Waals surface area contributed by atoms with Gasteiger partial charge in [-0.05, 0) is 31.4 Å². The van der Waals surface area contributed by atoms with E-state index in [-0.39, 0.29) is 35.9 Å². The minimum absolute atomic E-state index is 0.00941. The van der Waals surface area contributed by atoms with Crippen molar-refractivity contribution in [2.75, 3.05) is 6.61 Å². The number of aliphatic carboxylic acids is 1. The average molecular weight is 324 g/mol. The van der Waals surface area contributed by atoms with Crippen LogP contribution in [0.3, 0.4) is 0 Å². The number of rotatable bonds is 8. The zero-order valence-corrected chi connectivity index (χ0v) is 13.2. The molecule has 0 aliphatic carbocycles. The summed E-state index contributed by atoms with van der Waals surface area (Å²) in [7, 11) is 0. The molecule has 0 aliphatic heterocycles. The smallest absolute Gasteiger partial charge is 0.326 e. The first kappa shape index (κ1) is 18.4. The maximum absolute atomic E-state index is 12.1. The molecule has 0 aromatic heterocycles. The Morgan fingerprint density at radius 1 is 1.39 bits per heavy atom. The molecule has 0 heterocycles. The Labute approximate surface area is 133 Å². The van der Waals surface area contributed by atoms with Crippen molar-refractivity contribution >= 4 is 17.6 Å². The van der Waals surface area contributed by atoms with E-state index < -0.39 is 22.8 Å². The first-order valence-corrected chi connectivity index (χ1v) is 7.21. The van der Waals surface area contributed by atoms with Gasteiger partial charge in [-0.15, -0.1) is 0 Å². The number of carboxylic acid groups (broad SMARTS) is 1. The number of nitrogens with zero attached hydrogens (tertiary/aromatic N) is 1. The fourth-order valence-electron chi connectivity index (χ4n) is 2.01. The van der Waals surface area contributed by atoms with Gasteiger partial charge in [0.25, 0.3) is 5.91 Å². The molecule has 0 fully saturated rings. The van der Waals surface area contributed by atoms with Crippen molar-refractivity contribution in [3.63, 3.8) is 0 Å². The lowest BCUT2D eigenvalue weighted by Crippen LogP contribution is -2.41. The number of nitro groups is 1. The van der Waals surface area contributed by atoms with E-state index in [1.54, 1.807) is 6.92 Å². The predicted octanol–water partition coefficient (Wildman–Crippen LogP) is 2.22. The molecule has 0 unspecified atom stereocenters. The van der Waals surface area contributed by atoms with E-state index in [2.05, 4.69) is 5.32 Å². The lowest BCUT2D eigenvalue weighted by Gasteiger charge is -2.16. The minimum atomic E-state index is -1.15. The van der Waals surface area contributed by atoms with Crippen molar-refractivity contribution in [1.29, 1.82) is 0 Å². The third kappa shape index (κ3) is 5.24. The van der Waals surface area contributed by atoms with Crippen LogP contribution in [0.4, 0.5) is 5.69 Å². The van der Waals surface area contributed by atoms with Gasteiger partial charge in [0, 0.05) is 11.6 Å². The van der Waals surface area contributed by atoms with E-state index in [0.29, 0.717) is 0 Å². The van der Waals surface area contributed by atoms with Crippen molar-refractivity contribution in [2.24, 2.45) is 5.92 Å². The summed E-state index contributed by atoms with van der Waals surface area (Å²) in [6.45, 7) is 5.61. The van der Waals surface area contributed by atoms with Crippen molar-refractivity contribution < 1.29 is 24.4 Å². The van der Waals surface area contributed by atoms with Crippen LogP contribution in [0.1, 0.15) is 37.6 Å². The van der Waals surface area contributed by atoms with E-state index in [9.17, 15) is 19.7 Å². The first-order chi connectivity index (χ1) is 10.8. The van der Waals surface area contributed by atoms with Gasteiger partial charge in [0.1, 0.15) is 6.04 Å². The third-order valence-corrected chi connectivity index (χ3v) is 3.03. The van der Waals surface area contributed by atoms with Crippen molar-refractivity contribution in [3.05, 3.63) is 33.9 Å². The molecule has 1 rings (SSSR count). The summed E-state index contributed by atoms with van der Waals surface area (Å²) in [5.41, 5.74) is -0.328. The van der Waals surface area contributed by atoms with Crippen LogP contribution in [-0.2, 0) is 4.79 Å². The Morgan fingerprint density at radius 2 is 2.04 bits per heavy atom. The molecular weight excluding hydrogens is 304 g/mol. The minimum Gasteiger partial charge on any atom is -0.487 e. The first-order valence-electron chi connectivity index (χ1n) is 7.21. The Kier molecular flexibility index (Phi) is 6.49. The van der Waals surface area contributed by atoms with Crippen LogP contribution in [0.25, 0.3) is 0 Å². The number of hydrogen-bond acceptors (Lipinski definition) is 5. The van der Waals surface area contributed by atoms with E-state index in [1.165, 1.54) is 12.1 Å². The van der Waals surface area contributed by atoms with Crippen molar-refractivity contribution in [3.8, 4) is 5.75 Å². The molecular formula is C15H20N2O6. The summed E-state index contributed by atoms with van der Waals surface area (Å²) in [6.07, 6.45) is 0.264. The summed E-state index contributed by atoms with van der Waals surface area (Å²) in [6, 6.07) is 2.72. The van der Waals surface area contributed by atoms with Crippen LogP contribution in [0, 0.1) is 16.0 Å². The lowest BCUT2D eigenvalue weighted by molar-refractivity contribution is -0.385. The highest BCUT2D eigenvalue weighted by Gasteiger charge is 2.24. The van der Waals surface area contributed by atoms with E-state index >= 15 is 0 Å². The molecule has 1 atom stereocenters. The zero-order valence-electron chi connectivity index (χ0n) is 13.2. The van der Waals surface area contributed by atoms with E-state index in [1.807, 2.05) is 13.8 Å². The summed E-state index contributed by atoms with van der Waals surface area (Å²) >= 11 is 0. The highest BCUT2D eigenvalue weighted by Crippen LogP contribution is 2.28. The molecule has 0 saturated carbocycles. The Balaban J connectivity index is 3.01. The molecule has 0 radical (unpaired) electrons. The summed E-state index contributed by atoms with van der Waals surface area (Å²) < 4.78 is 5.14. The maximum atomic E-state index is 12.1. The van der Waals surface area contributed by atoms with Crippen LogP contribution in [0.15, 0.2) is 18.2 Å². The fourth-order valence-corrected chi connectivity index (χ4v) is 2.01. The largest absolute Gasteiger partial charge is 0.487 e. The normalized spacial score (nSPS) is 11.8. The number of nitro benzene ring substituents is 1. The van der Waals surface area contributed by atoms with Gasteiger partial charge in [-0.2, -0.15) is 0 Å². The fraction of sp³-hybridized carbons (Fsp3) is 0.467. The predicted molar refractivity (Wildman–Crippen MR) is 82.6 cm³/mol. The molecule has 1 aromatic rings. The van der Waals surface area contributed by atoms with Gasteiger partial charge < -0.3 is 15.2 Å². The monoisotopic (exact) mass is 324 g/mol. The highest BCUT2D eigenvalue weighted by molar-refractivity contribution is 5.97. The highest BCUT2D eigenvalue weighted by atomic mass is 16.6. The van der Waals surface area contributed by atoms with Crippen LogP contribution < -0.4 is 10.1 Å². The molecule has 1 aromatic carbocycles. The SMILES string of the molecule is CCOc1ccc(C(=O)N[C@H](CC(C)C)C(=O)O)cc1[N+](=O)[O-]. The van der Waals surface area contributed by atoms with Gasteiger partial charge in [0.15, 0.2) is 5.75 Å². The van der Waals surface area contributed by atoms with Gasteiger partial charge in [0.2, 0.25) is 0 Å². The Hall–Kier alpha value is -2.64. The van der Waals surface area contributed by atoms with E-state index in [0.717, 1.165) is 6.07 Å². The van der Waals surface area contributed by atoms with Crippen LogP contribution >= 0.6 is 0 Å². The number of nitrogens with one attached hydrogen (secondary N) is 1. The lowest BCUT2D eigenvalue weighted by atomic mass is 10.0. The number of amides is 1. The Morgan fingerprint density at radius 3 is 2.52 bits per heavy atom. The topological polar surface area (TPSA) is 119 Å². The average Bonchev–Trinajstić information content (AvgIpc) is 2.46. The number of hydrogen-bond donors (Lipinski definition) is 2. The van der Waals surface area contributed by atoms with Gasteiger partial charge in [-0.25, -0.2) is 4.79 Å². The maximum Gasteiger partial charge on any atom is 0.326 e. The second-order valence-corrected chi connectivity index (χ2v) is 5.37. The van der Waals surface area contributed by atoms with Gasteiger partial charge >= 0.3 is 11.7 Å². The quantitative estimate of drug-likeness (QED) is 0.559. The van der Waals surface area contributed by atoms with Crippen LogP contribution in [0.5, 0.6) is 5.75 Å². The molecule has 23 heavy (non-hydrogen) atoms. The van der Waals surface area contributed by atoms with Crippen molar-refractivity contribution in [1.82, 2.24) is 5.32 Å². The van der Waals surface area contributed by atoms with E-state index in [4.69, 9.17) is 9.84 Å². The van der Waals surface area contributed by atoms with Gasteiger partial charge in [0.05, 0.1) is 11.5 Å². The van der Waals surface area contributed by atoms with Gasteiger partial charge in [-0.1, -0.05) is 13.8 Å². The van der Waals surface area contributed by atoms with Crippen LogP contribution in [0.2, 0.25) is 0 Å². The molecule has 0 saturated heterocycles. The number of benzene rings is 1. The molecule has 8 nitrogen and oxygen atoms in total. The third-order valence-electron chi connectivity index (χ3n) is 3.03. The number of carbonyl (C=O) groups is 2. The Bertz CT molecular complexity index is 600. The molecule has 0 bridgehead atoms. The molecule has 1 amide bonds. The molecule has 126 valence electrons. The van der Waals surface area contributed by atoms with Gasteiger partial charge in [-0.3, -0.25) is 14.9 Å². The number of carboxylic acids is 1. The zero-order chi connectivity index (χ0) is 17.6. The second kappa shape index (κ2) is 8.11.